The van der Waals surface area contributed by atoms with Crippen LogP contribution in [0.25, 0.3) is 0 Å². The van der Waals surface area contributed by atoms with E-state index in [9.17, 15) is 13.2 Å². The van der Waals surface area contributed by atoms with Crippen molar-refractivity contribution in [2.45, 2.75) is 32.2 Å². The highest BCUT2D eigenvalue weighted by Crippen LogP contribution is 2.26. The number of alkyl halides is 3. The lowest BCUT2D eigenvalue weighted by atomic mass is 10.0. The van der Waals surface area contributed by atoms with Crippen molar-refractivity contribution < 1.29 is 23.0 Å². The molecular weight excluding hydrogens is 259 g/mol. The summed E-state index contributed by atoms with van der Waals surface area (Å²) in [6.07, 6.45) is -6.98. The molecule has 2 atom stereocenters. The molecule has 0 amide bonds. The average Bonchev–Trinajstić information content (AvgIpc) is 2.33. The van der Waals surface area contributed by atoms with Crippen molar-refractivity contribution in [3.8, 4) is 5.75 Å². The van der Waals surface area contributed by atoms with Crippen LogP contribution >= 0.6 is 0 Å². The Morgan fingerprint density at radius 2 is 2.00 bits per heavy atom. The van der Waals surface area contributed by atoms with Gasteiger partial charge in [-0.2, -0.15) is 13.2 Å². The first kappa shape index (κ1) is 15.8. The monoisotopic (exact) mass is 277 g/mol. The summed E-state index contributed by atoms with van der Waals surface area (Å²) in [6, 6.07) is 5.11. The normalized spacial score (nSPS) is 15.1. The second kappa shape index (κ2) is 6.25. The number of methoxy groups -OCH3 is 1. The van der Waals surface area contributed by atoms with Crippen molar-refractivity contribution in [1.29, 1.82) is 0 Å². The number of hydrogen-bond acceptors (Lipinski definition) is 3. The molecule has 0 saturated carbocycles. The van der Waals surface area contributed by atoms with Gasteiger partial charge in [-0.25, -0.2) is 0 Å². The summed E-state index contributed by atoms with van der Waals surface area (Å²) >= 11 is 0. The van der Waals surface area contributed by atoms with Crippen LogP contribution in [0.2, 0.25) is 0 Å². The molecule has 0 heterocycles. The Morgan fingerprint density at radius 3 is 2.53 bits per heavy atom. The smallest absolute Gasteiger partial charge is 0.415 e. The first-order valence-electron chi connectivity index (χ1n) is 5.88. The van der Waals surface area contributed by atoms with Crippen LogP contribution in [0.3, 0.4) is 0 Å². The van der Waals surface area contributed by atoms with E-state index in [0.717, 1.165) is 11.1 Å². The van der Waals surface area contributed by atoms with Gasteiger partial charge in [0.1, 0.15) is 5.75 Å². The minimum Gasteiger partial charge on any atom is -0.496 e. The maximum absolute atomic E-state index is 12.2. The second-order valence-corrected chi connectivity index (χ2v) is 4.43. The molecule has 19 heavy (non-hydrogen) atoms. The molecule has 0 fully saturated rings. The van der Waals surface area contributed by atoms with Gasteiger partial charge in [0.15, 0.2) is 6.10 Å². The van der Waals surface area contributed by atoms with Gasteiger partial charge in [-0.3, -0.25) is 0 Å². The Bertz CT molecular complexity index is 421. The van der Waals surface area contributed by atoms with Crippen LogP contribution in [-0.2, 0) is 0 Å². The average molecular weight is 277 g/mol. The number of aliphatic hydroxyl groups excluding tert-OH is 1. The van der Waals surface area contributed by atoms with Gasteiger partial charge in [-0.05, 0) is 25.5 Å². The molecule has 1 rings (SSSR count). The number of hydrogen-bond donors (Lipinski definition) is 2. The first-order valence-corrected chi connectivity index (χ1v) is 5.88. The summed E-state index contributed by atoms with van der Waals surface area (Å²) in [5.74, 6) is 0.612. The third-order valence-electron chi connectivity index (χ3n) is 2.85. The van der Waals surface area contributed by atoms with Crippen LogP contribution in [0.15, 0.2) is 18.2 Å². The lowest BCUT2D eigenvalue weighted by molar-refractivity contribution is -0.202. The van der Waals surface area contributed by atoms with Gasteiger partial charge in [0.05, 0.1) is 7.11 Å². The number of halogens is 3. The van der Waals surface area contributed by atoms with Crippen LogP contribution in [0.1, 0.15) is 24.1 Å². The highest BCUT2D eigenvalue weighted by Gasteiger charge is 2.38. The van der Waals surface area contributed by atoms with Gasteiger partial charge in [0.2, 0.25) is 0 Å². The van der Waals surface area contributed by atoms with Gasteiger partial charge in [-0.15, -0.1) is 0 Å². The molecule has 0 saturated heterocycles. The molecule has 1 aromatic carbocycles. The van der Waals surface area contributed by atoms with Crippen molar-refractivity contribution in [1.82, 2.24) is 5.32 Å². The highest BCUT2D eigenvalue weighted by molar-refractivity contribution is 5.39. The van der Waals surface area contributed by atoms with Crippen molar-refractivity contribution in [2.24, 2.45) is 0 Å². The molecule has 0 radical (unpaired) electrons. The SMILES string of the molecule is COc1cc(C)ccc1C(C)NCC(O)C(F)(F)F. The highest BCUT2D eigenvalue weighted by atomic mass is 19.4. The molecule has 2 N–H and O–H groups in total. The number of ether oxygens (including phenoxy) is 1. The maximum Gasteiger partial charge on any atom is 0.415 e. The Morgan fingerprint density at radius 1 is 1.37 bits per heavy atom. The molecule has 108 valence electrons. The fourth-order valence-electron chi connectivity index (χ4n) is 1.69. The van der Waals surface area contributed by atoms with E-state index in [-0.39, 0.29) is 6.04 Å². The number of aryl methyl sites for hydroxylation is 1. The minimum absolute atomic E-state index is 0.354. The summed E-state index contributed by atoms with van der Waals surface area (Å²) in [4.78, 5) is 0. The Kier molecular flexibility index (Phi) is 5.20. The van der Waals surface area contributed by atoms with Crippen LogP contribution in [0.4, 0.5) is 13.2 Å². The summed E-state index contributed by atoms with van der Waals surface area (Å²) < 4.78 is 41.8. The molecular formula is C13H18F3NO2. The Hall–Kier alpha value is -1.27. The van der Waals surface area contributed by atoms with Crippen LogP contribution in [-0.4, -0.2) is 31.0 Å². The zero-order valence-electron chi connectivity index (χ0n) is 11.1. The predicted octanol–water partition coefficient (Wildman–Crippen LogP) is 2.58. The van der Waals surface area contributed by atoms with Gasteiger partial charge in [-0.1, -0.05) is 12.1 Å². The molecule has 0 spiro atoms. The molecule has 1 aromatic rings. The van der Waals surface area contributed by atoms with E-state index < -0.39 is 18.8 Å². The van der Waals surface area contributed by atoms with Gasteiger partial charge in [0.25, 0.3) is 0 Å². The Labute approximate surface area is 110 Å². The molecule has 0 bridgehead atoms. The largest absolute Gasteiger partial charge is 0.496 e. The Balaban J connectivity index is 2.71. The third-order valence-corrected chi connectivity index (χ3v) is 2.85. The lowest BCUT2D eigenvalue weighted by Crippen LogP contribution is -2.39. The number of benzene rings is 1. The second-order valence-electron chi connectivity index (χ2n) is 4.43. The fraction of sp³-hybridized carbons (Fsp3) is 0.538. The minimum atomic E-state index is -4.61. The molecule has 2 unspecified atom stereocenters. The summed E-state index contributed by atoms with van der Waals surface area (Å²) in [6.45, 7) is 3.07. The topological polar surface area (TPSA) is 41.5 Å². The first-order chi connectivity index (χ1) is 8.75. The van der Waals surface area contributed by atoms with E-state index in [0.29, 0.717) is 5.75 Å². The zero-order chi connectivity index (χ0) is 14.6. The number of nitrogens with one attached hydrogen (secondary N) is 1. The molecule has 0 aliphatic heterocycles. The maximum atomic E-state index is 12.2. The standard InChI is InChI=1S/C13H18F3NO2/c1-8-4-5-10(11(6-8)19-3)9(2)17-7-12(18)13(14,15)16/h4-6,9,12,17-18H,7H2,1-3H3. The van der Waals surface area contributed by atoms with Crippen LogP contribution in [0.5, 0.6) is 5.75 Å². The van der Waals surface area contributed by atoms with Crippen LogP contribution < -0.4 is 10.1 Å². The quantitative estimate of drug-likeness (QED) is 0.869. The van der Waals surface area contributed by atoms with Gasteiger partial charge >= 0.3 is 6.18 Å². The third kappa shape index (κ3) is 4.40. The molecule has 0 aliphatic carbocycles. The van der Waals surface area contributed by atoms with Crippen LogP contribution in [0, 0.1) is 6.92 Å². The fourth-order valence-corrected chi connectivity index (χ4v) is 1.69. The van der Waals surface area contributed by atoms with E-state index in [2.05, 4.69) is 5.32 Å². The lowest BCUT2D eigenvalue weighted by Gasteiger charge is -2.21. The molecule has 3 nitrogen and oxygen atoms in total. The molecule has 6 heteroatoms. The summed E-state index contributed by atoms with van der Waals surface area (Å²) in [7, 11) is 1.51. The van der Waals surface area contributed by atoms with E-state index in [4.69, 9.17) is 9.84 Å². The van der Waals surface area contributed by atoms with E-state index in [1.54, 1.807) is 13.0 Å². The number of aliphatic hydroxyl groups is 1. The van der Waals surface area contributed by atoms with E-state index >= 15 is 0 Å². The van der Waals surface area contributed by atoms with E-state index in [1.165, 1.54) is 7.11 Å². The van der Waals surface area contributed by atoms with Crippen molar-refractivity contribution in [3.63, 3.8) is 0 Å². The molecule has 0 aliphatic rings. The summed E-state index contributed by atoms with van der Waals surface area (Å²) in [5.41, 5.74) is 1.76. The number of rotatable bonds is 5. The molecule has 0 aromatic heterocycles. The van der Waals surface area contributed by atoms with Gasteiger partial charge in [0, 0.05) is 18.2 Å². The van der Waals surface area contributed by atoms with Gasteiger partial charge < -0.3 is 15.2 Å². The predicted molar refractivity (Wildman–Crippen MR) is 66.2 cm³/mol. The van der Waals surface area contributed by atoms with Crippen molar-refractivity contribution in [3.05, 3.63) is 29.3 Å². The zero-order valence-corrected chi connectivity index (χ0v) is 11.1. The summed E-state index contributed by atoms with van der Waals surface area (Å²) in [5, 5.41) is 11.6. The van der Waals surface area contributed by atoms with Crippen molar-refractivity contribution in [2.75, 3.05) is 13.7 Å². The van der Waals surface area contributed by atoms with E-state index in [1.807, 2.05) is 19.1 Å². The van der Waals surface area contributed by atoms with Crippen molar-refractivity contribution >= 4 is 0 Å².